The van der Waals surface area contributed by atoms with Gasteiger partial charge in [-0.1, -0.05) is 29.8 Å². The first-order valence-electron chi connectivity index (χ1n) is 8.09. The number of hydrogen-bond acceptors (Lipinski definition) is 6. The van der Waals surface area contributed by atoms with Crippen LogP contribution in [0, 0.1) is 5.82 Å². The van der Waals surface area contributed by atoms with E-state index in [4.69, 9.17) is 21.1 Å². The molecule has 3 rings (SSSR count). The lowest BCUT2D eigenvalue weighted by molar-refractivity contribution is 0.405. The third kappa shape index (κ3) is 4.57. The number of hydrogen-bond donors (Lipinski definition) is 2. The molecule has 8 heteroatoms. The standard InChI is InChI=1S/C19H18ClFN4O2/c1-26-16-10-15(17(27-2)9-13(16)20)24-18-7-8-22-19(25-18)23-11-12-5-3-4-6-14(12)21/h3-10H,11H2,1-2H3,(H2,22,23,24,25). The van der Waals surface area contributed by atoms with E-state index in [1.807, 2.05) is 0 Å². The first-order valence-corrected chi connectivity index (χ1v) is 8.47. The molecule has 140 valence electrons. The maximum Gasteiger partial charge on any atom is 0.224 e. The zero-order valence-corrected chi connectivity index (χ0v) is 15.5. The minimum absolute atomic E-state index is 0.272. The lowest BCUT2D eigenvalue weighted by Gasteiger charge is -2.14. The molecule has 0 bridgehead atoms. The van der Waals surface area contributed by atoms with Crippen LogP contribution in [0.15, 0.2) is 48.7 Å². The molecule has 1 aromatic heterocycles. The Morgan fingerprint density at radius 1 is 1.07 bits per heavy atom. The Morgan fingerprint density at radius 2 is 1.85 bits per heavy atom. The topological polar surface area (TPSA) is 68.3 Å². The van der Waals surface area contributed by atoms with E-state index in [0.29, 0.717) is 39.5 Å². The fourth-order valence-corrected chi connectivity index (χ4v) is 2.66. The van der Waals surface area contributed by atoms with Crippen molar-refractivity contribution in [2.24, 2.45) is 0 Å². The van der Waals surface area contributed by atoms with E-state index in [-0.39, 0.29) is 12.4 Å². The van der Waals surface area contributed by atoms with Gasteiger partial charge in [0.25, 0.3) is 0 Å². The lowest BCUT2D eigenvalue weighted by atomic mass is 10.2. The van der Waals surface area contributed by atoms with Gasteiger partial charge in [0.15, 0.2) is 0 Å². The van der Waals surface area contributed by atoms with Gasteiger partial charge in [0.05, 0.1) is 24.9 Å². The van der Waals surface area contributed by atoms with E-state index in [0.717, 1.165) is 0 Å². The Balaban J connectivity index is 1.77. The molecule has 2 N–H and O–H groups in total. The van der Waals surface area contributed by atoms with Crippen molar-refractivity contribution in [3.8, 4) is 11.5 Å². The van der Waals surface area contributed by atoms with Gasteiger partial charge < -0.3 is 20.1 Å². The second-order valence-electron chi connectivity index (χ2n) is 5.52. The molecule has 0 amide bonds. The third-order valence-electron chi connectivity index (χ3n) is 3.79. The Morgan fingerprint density at radius 3 is 2.59 bits per heavy atom. The number of benzene rings is 2. The summed E-state index contributed by atoms with van der Waals surface area (Å²) in [5, 5.41) is 6.60. The largest absolute Gasteiger partial charge is 0.495 e. The van der Waals surface area contributed by atoms with E-state index in [1.54, 1.807) is 49.7 Å². The van der Waals surface area contributed by atoms with Gasteiger partial charge in [-0.05, 0) is 12.1 Å². The van der Waals surface area contributed by atoms with Crippen molar-refractivity contribution >= 4 is 29.1 Å². The average Bonchev–Trinajstić information content (AvgIpc) is 2.68. The van der Waals surface area contributed by atoms with Gasteiger partial charge >= 0.3 is 0 Å². The Hall–Kier alpha value is -3.06. The van der Waals surface area contributed by atoms with Gasteiger partial charge in [-0.15, -0.1) is 0 Å². The van der Waals surface area contributed by atoms with Crippen molar-refractivity contribution in [1.82, 2.24) is 9.97 Å². The van der Waals surface area contributed by atoms with Crippen LogP contribution in [0.1, 0.15) is 5.56 Å². The van der Waals surface area contributed by atoms with E-state index >= 15 is 0 Å². The van der Waals surface area contributed by atoms with E-state index in [1.165, 1.54) is 13.2 Å². The SMILES string of the molecule is COc1cc(Nc2ccnc(NCc3ccccc3F)n2)c(OC)cc1Cl. The summed E-state index contributed by atoms with van der Waals surface area (Å²) in [6.07, 6.45) is 1.60. The smallest absolute Gasteiger partial charge is 0.224 e. The van der Waals surface area contributed by atoms with Crippen LogP contribution < -0.4 is 20.1 Å². The van der Waals surface area contributed by atoms with E-state index < -0.39 is 0 Å². The molecule has 0 radical (unpaired) electrons. The van der Waals surface area contributed by atoms with Crippen molar-refractivity contribution in [3.05, 3.63) is 65.1 Å². The van der Waals surface area contributed by atoms with Gasteiger partial charge in [-0.3, -0.25) is 0 Å². The highest BCUT2D eigenvalue weighted by molar-refractivity contribution is 6.32. The molecule has 3 aromatic rings. The van der Waals surface area contributed by atoms with Crippen LogP contribution in [0.5, 0.6) is 11.5 Å². The molecule has 27 heavy (non-hydrogen) atoms. The van der Waals surface area contributed by atoms with Gasteiger partial charge in [0.2, 0.25) is 5.95 Å². The number of anilines is 3. The van der Waals surface area contributed by atoms with Gasteiger partial charge in [0.1, 0.15) is 23.1 Å². The predicted octanol–water partition coefficient (Wildman–Crippen LogP) is 4.64. The van der Waals surface area contributed by atoms with Gasteiger partial charge in [-0.25, -0.2) is 9.37 Å². The molecule has 0 saturated heterocycles. The number of rotatable bonds is 7. The zero-order valence-electron chi connectivity index (χ0n) is 14.8. The van der Waals surface area contributed by atoms with Crippen molar-refractivity contribution < 1.29 is 13.9 Å². The average molecular weight is 389 g/mol. The molecule has 0 aliphatic heterocycles. The van der Waals surface area contributed by atoms with Crippen molar-refractivity contribution in [2.75, 3.05) is 24.9 Å². The molecule has 0 spiro atoms. The zero-order chi connectivity index (χ0) is 19.2. The molecular formula is C19H18ClFN4O2. The highest BCUT2D eigenvalue weighted by Gasteiger charge is 2.11. The molecular weight excluding hydrogens is 371 g/mol. The van der Waals surface area contributed by atoms with Crippen LogP contribution >= 0.6 is 11.6 Å². The van der Waals surface area contributed by atoms with Crippen LogP contribution in [0.2, 0.25) is 5.02 Å². The van der Waals surface area contributed by atoms with Crippen LogP contribution in [-0.4, -0.2) is 24.2 Å². The maximum atomic E-state index is 13.7. The molecule has 0 atom stereocenters. The summed E-state index contributed by atoms with van der Waals surface area (Å²) in [6, 6.07) is 11.6. The number of aromatic nitrogens is 2. The monoisotopic (exact) mass is 388 g/mol. The Labute approximate surface area is 161 Å². The maximum absolute atomic E-state index is 13.7. The number of nitrogens with zero attached hydrogens (tertiary/aromatic N) is 2. The predicted molar refractivity (Wildman–Crippen MR) is 104 cm³/mol. The number of halogens is 2. The Bertz CT molecular complexity index is 939. The molecule has 0 unspecified atom stereocenters. The molecule has 0 saturated carbocycles. The fourth-order valence-electron chi connectivity index (χ4n) is 2.43. The molecule has 2 aromatic carbocycles. The summed E-state index contributed by atoms with van der Waals surface area (Å²) in [5.41, 5.74) is 1.17. The highest BCUT2D eigenvalue weighted by atomic mass is 35.5. The quantitative estimate of drug-likeness (QED) is 0.614. The summed E-state index contributed by atoms with van der Waals surface area (Å²) < 4.78 is 24.3. The summed E-state index contributed by atoms with van der Waals surface area (Å²) >= 11 is 6.12. The first-order chi connectivity index (χ1) is 13.1. The molecule has 0 fully saturated rings. The molecule has 0 aliphatic carbocycles. The van der Waals surface area contributed by atoms with Crippen LogP contribution in [0.4, 0.5) is 21.8 Å². The minimum atomic E-state index is -0.280. The van der Waals surface area contributed by atoms with E-state index in [2.05, 4.69) is 20.6 Å². The molecule has 6 nitrogen and oxygen atoms in total. The Kier molecular flexibility index (Phi) is 5.93. The van der Waals surface area contributed by atoms with Crippen LogP contribution in [-0.2, 0) is 6.54 Å². The molecule has 1 heterocycles. The van der Waals surface area contributed by atoms with Crippen molar-refractivity contribution in [1.29, 1.82) is 0 Å². The summed E-state index contributed by atoms with van der Waals surface area (Å²) in [4.78, 5) is 8.54. The van der Waals surface area contributed by atoms with Gasteiger partial charge in [-0.2, -0.15) is 4.98 Å². The highest BCUT2D eigenvalue weighted by Crippen LogP contribution is 2.37. The summed E-state index contributed by atoms with van der Waals surface area (Å²) in [5.74, 6) is 1.66. The van der Waals surface area contributed by atoms with Crippen molar-refractivity contribution in [2.45, 2.75) is 6.54 Å². The fraction of sp³-hybridized carbons (Fsp3) is 0.158. The summed E-state index contributed by atoms with van der Waals surface area (Å²) in [7, 11) is 3.08. The normalized spacial score (nSPS) is 10.4. The van der Waals surface area contributed by atoms with Crippen molar-refractivity contribution in [3.63, 3.8) is 0 Å². The van der Waals surface area contributed by atoms with Crippen LogP contribution in [0.25, 0.3) is 0 Å². The summed E-state index contributed by atoms with van der Waals surface area (Å²) in [6.45, 7) is 0.272. The molecule has 0 aliphatic rings. The first kappa shape index (κ1) is 18.7. The second-order valence-corrected chi connectivity index (χ2v) is 5.93. The number of ether oxygens (including phenoxy) is 2. The lowest BCUT2D eigenvalue weighted by Crippen LogP contribution is -2.06. The van der Waals surface area contributed by atoms with Gasteiger partial charge in [0, 0.05) is 30.4 Å². The number of nitrogens with one attached hydrogen (secondary N) is 2. The third-order valence-corrected chi connectivity index (χ3v) is 4.08. The van der Waals surface area contributed by atoms with E-state index in [9.17, 15) is 4.39 Å². The van der Waals surface area contributed by atoms with Crippen LogP contribution in [0.3, 0.4) is 0 Å². The number of methoxy groups -OCH3 is 2. The second kappa shape index (κ2) is 8.55. The minimum Gasteiger partial charge on any atom is -0.495 e.